The fraction of sp³-hybridized carbons (Fsp3) is 0.375. The molecule has 3 aromatic heterocycles. The van der Waals surface area contributed by atoms with Crippen LogP contribution in [-0.2, 0) is 0 Å². The lowest BCUT2D eigenvalue weighted by Crippen LogP contribution is -2.20. The third-order valence-electron chi connectivity index (χ3n) is 6.63. The van der Waals surface area contributed by atoms with E-state index in [9.17, 15) is 4.39 Å². The van der Waals surface area contributed by atoms with Gasteiger partial charge in [0, 0.05) is 23.7 Å². The number of rotatable bonds is 4. The Morgan fingerprint density at radius 2 is 1.97 bits per heavy atom. The highest BCUT2D eigenvalue weighted by Gasteiger charge is 2.30. The molecular weight excluding hydrogens is 399 g/mol. The van der Waals surface area contributed by atoms with Crippen LogP contribution < -0.4 is 0 Å². The van der Waals surface area contributed by atoms with E-state index in [1.165, 1.54) is 11.6 Å². The third kappa shape index (κ3) is 3.56. The molecule has 1 aromatic carbocycles. The largest absolute Gasteiger partial charge is 0.340 e. The van der Waals surface area contributed by atoms with Crippen molar-refractivity contribution < 1.29 is 4.39 Å². The summed E-state index contributed by atoms with van der Waals surface area (Å²) < 4.78 is 13.8. The van der Waals surface area contributed by atoms with Gasteiger partial charge in [0.05, 0.1) is 16.1 Å². The number of aromatic amines is 1. The van der Waals surface area contributed by atoms with Crippen molar-refractivity contribution in [1.82, 2.24) is 19.9 Å². The van der Waals surface area contributed by atoms with Crippen LogP contribution in [0.15, 0.2) is 42.7 Å². The first-order valence-electron chi connectivity index (χ1n) is 10.7. The number of H-pyrrole nitrogens is 1. The number of nitrogens with one attached hydrogen (secondary N) is 1. The average molecular weight is 423 g/mol. The maximum Gasteiger partial charge on any atom is 0.177 e. The first kappa shape index (κ1) is 19.4. The fourth-order valence-corrected chi connectivity index (χ4v) is 5.30. The molecule has 0 saturated heterocycles. The van der Waals surface area contributed by atoms with Crippen LogP contribution in [0.5, 0.6) is 0 Å². The van der Waals surface area contributed by atoms with Gasteiger partial charge in [-0.25, -0.2) is 14.4 Å². The molecule has 154 valence electrons. The molecule has 0 bridgehead atoms. The summed E-state index contributed by atoms with van der Waals surface area (Å²) in [6.45, 7) is 2.23. The Labute approximate surface area is 179 Å². The highest BCUT2D eigenvalue weighted by Crippen LogP contribution is 2.44. The summed E-state index contributed by atoms with van der Waals surface area (Å²) in [5, 5.41) is 1.57. The highest BCUT2D eigenvalue weighted by molar-refractivity contribution is 6.31. The van der Waals surface area contributed by atoms with Crippen molar-refractivity contribution in [2.45, 2.75) is 50.9 Å². The monoisotopic (exact) mass is 422 g/mol. The number of hydrogen-bond donors (Lipinski definition) is 1. The van der Waals surface area contributed by atoms with Crippen molar-refractivity contribution in [1.29, 1.82) is 0 Å². The maximum absolute atomic E-state index is 13.8. The van der Waals surface area contributed by atoms with Gasteiger partial charge in [0.15, 0.2) is 5.65 Å². The van der Waals surface area contributed by atoms with E-state index in [0.29, 0.717) is 22.8 Å². The predicted octanol–water partition coefficient (Wildman–Crippen LogP) is 6.77. The number of hydrogen-bond acceptors (Lipinski definition) is 3. The standard InChI is InChI=1S/C24H24ClFN4/c1-2-18(23-29-22-11-16(25)13-28-24(22)30-23)14-3-5-15(6-4-14)19-9-10-27-21-8-7-17(26)12-20(19)21/h7-15,18H,2-6H2,1H3,(H,28,29,30)/t14-,15+,18-/m0/s1. The van der Waals surface area contributed by atoms with Crippen LogP contribution in [0.3, 0.4) is 0 Å². The van der Waals surface area contributed by atoms with E-state index in [1.807, 2.05) is 12.3 Å². The topological polar surface area (TPSA) is 54.5 Å². The molecule has 0 unspecified atom stereocenters. The zero-order chi connectivity index (χ0) is 20.7. The minimum absolute atomic E-state index is 0.199. The second kappa shape index (κ2) is 7.95. The average Bonchev–Trinajstić information content (AvgIpc) is 3.17. The van der Waals surface area contributed by atoms with E-state index in [0.717, 1.165) is 60.0 Å². The minimum Gasteiger partial charge on any atom is -0.340 e. The van der Waals surface area contributed by atoms with Gasteiger partial charge in [-0.2, -0.15) is 0 Å². The number of aromatic nitrogens is 4. The van der Waals surface area contributed by atoms with Gasteiger partial charge in [-0.05, 0) is 79.8 Å². The van der Waals surface area contributed by atoms with Crippen LogP contribution in [0.25, 0.3) is 22.1 Å². The molecule has 3 heterocycles. The highest BCUT2D eigenvalue weighted by atomic mass is 35.5. The van der Waals surface area contributed by atoms with E-state index >= 15 is 0 Å². The quantitative estimate of drug-likeness (QED) is 0.395. The number of fused-ring (bicyclic) bond motifs is 2. The maximum atomic E-state index is 13.8. The molecule has 6 heteroatoms. The van der Waals surface area contributed by atoms with E-state index in [2.05, 4.69) is 27.9 Å². The number of imidazole rings is 1. The molecule has 1 aliphatic rings. The van der Waals surface area contributed by atoms with Crippen LogP contribution in [-0.4, -0.2) is 19.9 Å². The van der Waals surface area contributed by atoms with Gasteiger partial charge in [-0.15, -0.1) is 0 Å². The molecule has 1 atom stereocenters. The van der Waals surface area contributed by atoms with Gasteiger partial charge in [-0.3, -0.25) is 4.98 Å². The summed E-state index contributed by atoms with van der Waals surface area (Å²) in [7, 11) is 0. The second-order valence-electron chi connectivity index (χ2n) is 8.33. The van der Waals surface area contributed by atoms with Crippen LogP contribution in [0.4, 0.5) is 4.39 Å². The molecule has 0 aliphatic heterocycles. The Kier molecular flexibility index (Phi) is 5.15. The van der Waals surface area contributed by atoms with Crippen LogP contribution in [0, 0.1) is 11.7 Å². The molecule has 5 rings (SSSR count). The Morgan fingerprint density at radius 3 is 2.77 bits per heavy atom. The van der Waals surface area contributed by atoms with Crippen molar-refractivity contribution >= 4 is 33.7 Å². The van der Waals surface area contributed by atoms with Gasteiger partial charge < -0.3 is 4.98 Å². The number of halogens is 2. The summed E-state index contributed by atoms with van der Waals surface area (Å²) >= 11 is 6.08. The normalized spacial score (nSPS) is 20.6. The van der Waals surface area contributed by atoms with E-state index < -0.39 is 0 Å². The van der Waals surface area contributed by atoms with Gasteiger partial charge in [0.1, 0.15) is 11.6 Å². The van der Waals surface area contributed by atoms with Crippen LogP contribution in [0.2, 0.25) is 5.02 Å². The summed E-state index contributed by atoms with van der Waals surface area (Å²) in [6.07, 6.45) is 8.99. The summed E-state index contributed by atoms with van der Waals surface area (Å²) in [4.78, 5) is 16.9. The van der Waals surface area contributed by atoms with E-state index in [-0.39, 0.29) is 5.82 Å². The number of pyridine rings is 2. The smallest absolute Gasteiger partial charge is 0.177 e. The number of benzene rings is 1. The van der Waals surface area contributed by atoms with Crippen LogP contribution in [0.1, 0.15) is 62.3 Å². The van der Waals surface area contributed by atoms with Gasteiger partial charge in [0.2, 0.25) is 0 Å². The lowest BCUT2D eigenvalue weighted by Gasteiger charge is -2.33. The SMILES string of the molecule is CC[C@H](c1nc2ncc(Cl)cc2[nH]1)[C@H]1CC[C@@H](c2ccnc3ccc(F)cc32)CC1. The van der Waals surface area contributed by atoms with E-state index in [4.69, 9.17) is 16.6 Å². The summed E-state index contributed by atoms with van der Waals surface area (Å²) in [5.74, 6) is 2.22. The molecule has 1 fully saturated rings. The minimum atomic E-state index is -0.199. The second-order valence-corrected chi connectivity index (χ2v) is 8.77. The van der Waals surface area contributed by atoms with Gasteiger partial charge in [0.25, 0.3) is 0 Å². The van der Waals surface area contributed by atoms with Crippen molar-refractivity contribution in [2.24, 2.45) is 5.92 Å². The van der Waals surface area contributed by atoms with Crippen molar-refractivity contribution in [3.63, 3.8) is 0 Å². The fourth-order valence-electron chi connectivity index (χ4n) is 5.15. The lowest BCUT2D eigenvalue weighted by atomic mass is 9.72. The predicted molar refractivity (Wildman–Crippen MR) is 118 cm³/mol. The molecule has 1 aliphatic carbocycles. The molecule has 4 aromatic rings. The number of nitrogens with zero attached hydrogens (tertiary/aromatic N) is 3. The van der Waals surface area contributed by atoms with E-state index in [1.54, 1.807) is 18.3 Å². The van der Waals surface area contributed by atoms with Gasteiger partial charge >= 0.3 is 0 Å². The third-order valence-corrected chi connectivity index (χ3v) is 6.84. The zero-order valence-corrected chi connectivity index (χ0v) is 17.7. The first-order chi connectivity index (χ1) is 14.6. The molecule has 0 amide bonds. The summed E-state index contributed by atoms with van der Waals surface area (Å²) in [5.41, 5.74) is 3.73. The Balaban J connectivity index is 1.36. The molecule has 30 heavy (non-hydrogen) atoms. The first-order valence-corrected chi connectivity index (χ1v) is 11.1. The molecule has 0 spiro atoms. The lowest BCUT2D eigenvalue weighted by molar-refractivity contribution is 0.272. The molecule has 4 nitrogen and oxygen atoms in total. The van der Waals surface area contributed by atoms with Gasteiger partial charge in [-0.1, -0.05) is 18.5 Å². The van der Waals surface area contributed by atoms with Crippen molar-refractivity contribution in [3.8, 4) is 0 Å². The van der Waals surface area contributed by atoms with Crippen molar-refractivity contribution in [2.75, 3.05) is 0 Å². The zero-order valence-electron chi connectivity index (χ0n) is 16.9. The molecular formula is C24H24ClFN4. The molecule has 1 saturated carbocycles. The molecule has 0 radical (unpaired) electrons. The Hall–Kier alpha value is -2.53. The Bertz CT molecular complexity index is 1200. The van der Waals surface area contributed by atoms with Crippen molar-refractivity contribution in [3.05, 3.63) is 65.0 Å². The van der Waals surface area contributed by atoms with Crippen LogP contribution >= 0.6 is 11.6 Å². The molecule has 1 N–H and O–H groups in total. The Morgan fingerprint density at radius 1 is 1.13 bits per heavy atom. The summed E-state index contributed by atoms with van der Waals surface area (Å²) in [6, 6.07) is 8.84.